The van der Waals surface area contributed by atoms with Gasteiger partial charge in [0.15, 0.2) is 0 Å². The van der Waals surface area contributed by atoms with Crippen LogP contribution < -0.4 is 5.32 Å². The molecule has 1 aromatic carbocycles. The van der Waals surface area contributed by atoms with Crippen LogP contribution in [0.5, 0.6) is 0 Å². The van der Waals surface area contributed by atoms with Crippen molar-refractivity contribution in [3.63, 3.8) is 0 Å². The number of nitrogens with zero attached hydrogens (tertiary/aromatic N) is 2. The van der Waals surface area contributed by atoms with Gasteiger partial charge in [-0.15, -0.1) is 0 Å². The fraction of sp³-hybridized carbons (Fsp3) is 0.412. The van der Waals surface area contributed by atoms with E-state index in [-0.39, 0.29) is 12.1 Å². The van der Waals surface area contributed by atoms with Crippen molar-refractivity contribution in [1.29, 1.82) is 0 Å². The van der Waals surface area contributed by atoms with E-state index >= 15 is 0 Å². The smallest absolute Gasteiger partial charge is 0.322 e. The molecular formula is C17H21N3O2. The molecule has 3 rings (SSSR count). The summed E-state index contributed by atoms with van der Waals surface area (Å²) in [6, 6.07) is 9.81. The minimum atomic E-state index is -0.0765. The van der Waals surface area contributed by atoms with E-state index in [1.807, 2.05) is 42.2 Å². The van der Waals surface area contributed by atoms with E-state index in [1.54, 1.807) is 0 Å². The molecule has 1 N–H and O–H groups in total. The number of amides is 2. The summed E-state index contributed by atoms with van der Waals surface area (Å²) in [5.74, 6) is 0.775. The Morgan fingerprint density at radius 1 is 1.41 bits per heavy atom. The van der Waals surface area contributed by atoms with Gasteiger partial charge in [-0.25, -0.2) is 4.79 Å². The van der Waals surface area contributed by atoms with Crippen LogP contribution in [0.1, 0.15) is 42.8 Å². The first-order valence-electron chi connectivity index (χ1n) is 7.77. The van der Waals surface area contributed by atoms with Gasteiger partial charge in [-0.05, 0) is 43.9 Å². The van der Waals surface area contributed by atoms with Gasteiger partial charge in [0.2, 0.25) is 0 Å². The quantitative estimate of drug-likeness (QED) is 0.934. The Bertz CT molecular complexity index is 648. The Labute approximate surface area is 130 Å². The molecule has 0 unspecified atom stereocenters. The van der Waals surface area contributed by atoms with Gasteiger partial charge >= 0.3 is 6.03 Å². The molecule has 0 aliphatic carbocycles. The Hall–Kier alpha value is -2.30. The number of hydrogen-bond acceptors (Lipinski definition) is 3. The molecule has 116 valence electrons. The molecule has 1 atom stereocenters. The van der Waals surface area contributed by atoms with Crippen molar-refractivity contribution in [3.05, 3.63) is 47.3 Å². The van der Waals surface area contributed by atoms with Gasteiger partial charge in [-0.3, -0.25) is 0 Å². The van der Waals surface area contributed by atoms with E-state index < -0.39 is 0 Å². The monoisotopic (exact) mass is 299 g/mol. The Balaban J connectivity index is 1.70. The zero-order chi connectivity index (χ0) is 15.5. The molecule has 5 nitrogen and oxygen atoms in total. The van der Waals surface area contributed by atoms with Crippen LogP contribution in [-0.4, -0.2) is 22.6 Å². The highest BCUT2D eigenvalue weighted by atomic mass is 16.5. The fourth-order valence-electron chi connectivity index (χ4n) is 2.88. The maximum atomic E-state index is 12.5. The van der Waals surface area contributed by atoms with Crippen LogP contribution in [0.4, 0.5) is 10.5 Å². The van der Waals surface area contributed by atoms with Crippen molar-refractivity contribution in [2.75, 3.05) is 11.9 Å². The van der Waals surface area contributed by atoms with E-state index in [9.17, 15) is 4.79 Å². The second-order valence-electron chi connectivity index (χ2n) is 5.69. The lowest BCUT2D eigenvalue weighted by Crippen LogP contribution is -2.34. The summed E-state index contributed by atoms with van der Waals surface area (Å²) in [4.78, 5) is 14.4. The largest absolute Gasteiger partial charge is 0.361 e. The van der Waals surface area contributed by atoms with Gasteiger partial charge in [0.05, 0.1) is 6.04 Å². The number of urea groups is 1. The first-order valence-corrected chi connectivity index (χ1v) is 7.77. The summed E-state index contributed by atoms with van der Waals surface area (Å²) in [5.41, 5.74) is 2.92. The summed E-state index contributed by atoms with van der Waals surface area (Å²) >= 11 is 0. The van der Waals surface area contributed by atoms with Gasteiger partial charge in [0.1, 0.15) is 11.5 Å². The van der Waals surface area contributed by atoms with E-state index in [0.29, 0.717) is 0 Å². The van der Waals surface area contributed by atoms with Gasteiger partial charge in [0, 0.05) is 18.3 Å². The number of rotatable bonds is 3. The first-order chi connectivity index (χ1) is 10.7. The third-order valence-electron chi connectivity index (χ3n) is 4.11. The predicted octanol–water partition coefficient (Wildman–Crippen LogP) is 3.91. The molecule has 1 aliphatic heterocycles. The van der Waals surface area contributed by atoms with Crippen LogP contribution in [0.2, 0.25) is 0 Å². The average molecular weight is 299 g/mol. The van der Waals surface area contributed by atoms with E-state index in [1.165, 1.54) is 5.56 Å². The zero-order valence-electron chi connectivity index (χ0n) is 13.0. The molecule has 5 heteroatoms. The van der Waals surface area contributed by atoms with Crippen molar-refractivity contribution >= 4 is 11.7 Å². The molecular weight excluding hydrogens is 278 g/mol. The lowest BCUT2D eigenvalue weighted by molar-refractivity contribution is 0.204. The summed E-state index contributed by atoms with van der Waals surface area (Å²) < 4.78 is 5.14. The van der Waals surface area contributed by atoms with Crippen molar-refractivity contribution in [2.24, 2.45) is 0 Å². The van der Waals surface area contributed by atoms with Crippen molar-refractivity contribution in [3.8, 4) is 0 Å². The van der Waals surface area contributed by atoms with Crippen LogP contribution in [0.3, 0.4) is 0 Å². The number of benzene rings is 1. The van der Waals surface area contributed by atoms with Gasteiger partial charge in [-0.1, -0.05) is 24.2 Å². The van der Waals surface area contributed by atoms with Crippen molar-refractivity contribution in [2.45, 2.75) is 39.2 Å². The highest BCUT2D eigenvalue weighted by Gasteiger charge is 2.32. The molecule has 1 aromatic heterocycles. The Morgan fingerprint density at radius 2 is 2.18 bits per heavy atom. The maximum absolute atomic E-state index is 12.5. The predicted molar refractivity (Wildman–Crippen MR) is 84.8 cm³/mol. The minimum Gasteiger partial charge on any atom is -0.361 e. The van der Waals surface area contributed by atoms with Gasteiger partial charge in [0.25, 0.3) is 0 Å². The molecule has 1 aliphatic rings. The van der Waals surface area contributed by atoms with Crippen LogP contribution in [0, 0.1) is 6.92 Å². The second-order valence-corrected chi connectivity index (χ2v) is 5.69. The van der Waals surface area contributed by atoms with Gasteiger partial charge < -0.3 is 14.7 Å². The first kappa shape index (κ1) is 14.6. The topological polar surface area (TPSA) is 58.4 Å². The number of hydrogen-bond donors (Lipinski definition) is 1. The number of carbonyl (C=O) groups excluding carboxylic acids is 1. The van der Waals surface area contributed by atoms with Crippen LogP contribution in [0.25, 0.3) is 0 Å². The number of anilines is 1. The van der Waals surface area contributed by atoms with Crippen molar-refractivity contribution in [1.82, 2.24) is 10.1 Å². The molecule has 2 heterocycles. The minimum absolute atomic E-state index is 0.00682. The highest BCUT2D eigenvalue weighted by Crippen LogP contribution is 2.32. The molecule has 22 heavy (non-hydrogen) atoms. The molecule has 1 fully saturated rings. The SMILES string of the molecule is CCc1ccc(NC(=O)N2CCC[C@H]2c2cc(C)on2)cc1. The molecule has 0 bridgehead atoms. The van der Waals surface area contributed by atoms with Gasteiger partial charge in [-0.2, -0.15) is 0 Å². The maximum Gasteiger partial charge on any atom is 0.322 e. The average Bonchev–Trinajstić information content (AvgIpc) is 3.16. The lowest BCUT2D eigenvalue weighted by atomic mass is 10.1. The summed E-state index contributed by atoms with van der Waals surface area (Å²) in [6.45, 7) is 4.73. The second kappa shape index (κ2) is 6.22. The standard InChI is InChI=1S/C17H21N3O2/c1-3-13-6-8-14(9-7-13)18-17(21)20-10-4-5-16(20)15-11-12(2)22-19-15/h6-9,11,16H,3-5,10H2,1-2H3,(H,18,21)/t16-/m0/s1. The van der Waals surface area contributed by atoms with E-state index in [0.717, 1.165) is 42.9 Å². The summed E-state index contributed by atoms with van der Waals surface area (Å²) in [5, 5.41) is 7.03. The molecule has 2 aromatic rings. The van der Waals surface area contributed by atoms with E-state index in [4.69, 9.17) is 4.52 Å². The molecule has 0 saturated carbocycles. The summed E-state index contributed by atoms with van der Waals surface area (Å²) in [6.07, 6.45) is 2.90. The number of likely N-dealkylation sites (tertiary alicyclic amines) is 1. The number of aryl methyl sites for hydroxylation is 2. The molecule has 0 radical (unpaired) electrons. The summed E-state index contributed by atoms with van der Waals surface area (Å²) in [7, 11) is 0. The third-order valence-corrected chi connectivity index (χ3v) is 4.11. The molecule has 0 spiro atoms. The van der Waals surface area contributed by atoms with Crippen LogP contribution in [0.15, 0.2) is 34.9 Å². The lowest BCUT2D eigenvalue weighted by Gasteiger charge is -2.23. The number of carbonyl (C=O) groups is 1. The Kier molecular flexibility index (Phi) is 4.13. The fourth-order valence-corrected chi connectivity index (χ4v) is 2.88. The van der Waals surface area contributed by atoms with Crippen molar-refractivity contribution < 1.29 is 9.32 Å². The zero-order valence-corrected chi connectivity index (χ0v) is 13.0. The highest BCUT2D eigenvalue weighted by molar-refractivity contribution is 5.89. The normalized spacial score (nSPS) is 17.7. The third kappa shape index (κ3) is 2.98. The number of aromatic nitrogens is 1. The van der Waals surface area contributed by atoms with Crippen LogP contribution in [-0.2, 0) is 6.42 Å². The Morgan fingerprint density at radius 3 is 2.82 bits per heavy atom. The van der Waals surface area contributed by atoms with Crippen LogP contribution >= 0.6 is 0 Å². The van der Waals surface area contributed by atoms with E-state index in [2.05, 4.69) is 17.4 Å². The molecule has 1 saturated heterocycles. The number of nitrogens with one attached hydrogen (secondary N) is 1. The molecule has 2 amide bonds.